The minimum atomic E-state index is -0.0668. The molecule has 3 nitrogen and oxygen atoms in total. The largest absolute Gasteiger partial charge is 0.487 e. The summed E-state index contributed by atoms with van der Waals surface area (Å²) in [5.74, 6) is 1.10. The van der Waals surface area contributed by atoms with E-state index in [4.69, 9.17) is 4.74 Å². The van der Waals surface area contributed by atoms with Gasteiger partial charge in [-0.25, -0.2) is 0 Å². The normalized spacial score (nSPS) is 16.9. The molecule has 0 aromatic heterocycles. The van der Waals surface area contributed by atoms with Gasteiger partial charge < -0.3 is 15.0 Å². The van der Waals surface area contributed by atoms with Gasteiger partial charge in [0.15, 0.2) is 0 Å². The molecule has 1 aromatic rings. The van der Waals surface area contributed by atoms with Crippen LogP contribution in [0, 0.1) is 5.41 Å². The van der Waals surface area contributed by atoms with Crippen LogP contribution in [0.15, 0.2) is 18.2 Å². The lowest BCUT2D eigenvalue weighted by atomic mass is 9.93. The molecule has 1 aliphatic rings. The van der Waals surface area contributed by atoms with Crippen molar-refractivity contribution < 1.29 is 4.74 Å². The van der Waals surface area contributed by atoms with Crippen molar-refractivity contribution >= 4 is 0 Å². The zero-order valence-electron chi connectivity index (χ0n) is 14.4. The molecule has 2 rings (SSSR count). The zero-order valence-corrected chi connectivity index (χ0v) is 14.4. The maximum absolute atomic E-state index is 6.12. The molecule has 0 amide bonds. The number of hydrogen-bond donors (Lipinski definition) is 1. The van der Waals surface area contributed by atoms with Crippen molar-refractivity contribution in [2.75, 3.05) is 27.2 Å². The fourth-order valence-electron chi connectivity index (χ4n) is 3.27. The van der Waals surface area contributed by atoms with Gasteiger partial charge in [0.25, 0.3) is 0 Å². The Labute approximate surface area is 129 Å². The van der Waals surface area contributed by atoms with Crippen molar-refractivity contribution in [1.82, 2.24) is 10.2 Å². The van der Waals surface area contributed by atoms with Gasteiger partial charge >= 0.3 is 0 Å². The van der Waals surface area contributed by atoms with E-state index in [0.29, 0.717) is 0 Å². The molecular formula is C18H30N2O. The highest BCUT2D eigenvalue weighted by Gasteiger charge is 2.31. The minimum absolute atomic E-state index is 0.0668. The highest BCUT2D eigenvalue weighted by Crippen LogP contribution is 2.37. The van der Waals surface area contributed by atoms with Crippen LogP contribution < -0.4 is 10.1 Å². The third kappa shape index (κ3) is 4.45. The average molecular weight is 290 g/mol. The van der Waals surface area contributed by atoms with E-state index in [9.17, 15) is 0 Å². The summed E-state index contributed by atoms with van der Waals surface area (Å²) in [7, 11) is 4.25. The van der Waals surface area contributed by atoms with E-state index in [-0.39, 0.29) is 11.0 Å². The summed E-state index contributed by atoms with van der Waals surface area (Å²) in [6.45, 7) is 11.9. The van der Waals surface area contributed by atoms with E-state index in [1.165, 1.54) is 11.1 Å². The second kappa shape index (κ2) is 5.98. The molecule has 0 unspecified atom stereocenters. The van der Waals surface area contributed by atoms with Crippen molar-refractivity contribution in [1.29, 1.82) is 0 Å². The van der Waals surface area contributed by atoms with E-state index in [0.717, 1.165) is 31.8 Å². The van der Waals surface area contributed by atoms with Crippen LogP contribution in [0.25, 0.3) is 0 Å². The van der Waals surface area contributed by atoms with Gasteiger partial charge in [-0.1, -0.05) is 32.0 Å². The molecule has 3 heteroatoms. The summed E-state index contributed by atoms with van der Waals surface area (Å²) in [5, 5.41) is 3.60. The number of ether oxygens (including phenoxy) is 1. The van der Waals surface area contributed by atoms with Gasteiger partial charge in [-0.2, -0.15) is 0 Å². The standard InChI is InChI=1S/C18H30N2O/c1-17(2,13-20(5)6)12-19-11-15-9-7-8-14-10-18(3,4)21-16(14)15/h7-9,19H,10-13H2,1-6H3. The van der Waals surface area contributed by atoms with Crippen LogP contribution in [-0.2, 0) is 13.0 Å². The van der Waals surface area contributed by atoms with Gasteiger partial charge in [0.1, 0.15) is 11.4 Å². The van der Waals surface area contributed by atoms with Crippen LogP contribution in [0.2, 0.25) is 0 Å². The van der Waals surface area contributed by atoms with E-state index in [1.807, 2.05) is 0 Å². The third-order valence-electron chi connectivity index (χ3n) is 3.84. The number of para-hydroxylation sites is 1. The van der Waals surface area contributed by atoms with Crippen LogP contribution in [0.1, 0.15) is 38.8 Å². The molecule has 118 valence electrons. The number of hydrogen-bond acceptors (Lipinski definition) is 3. The number of nitrogens with one attached hydrogen (secondary N) is 1. The molecule has 0 bridgehead atoms. The molecular weight excluding hydrogens is 260 g/mol. The molecule has 0 aliphatic carbocycles. The molecule has 21 heavy (non-hydrogen) atoms. The fraction of sp³-hybridized carbons (Fsp3) is 0.667. The molecule has 0 radical (unpaired) electrons. The van der Waals surface area contributed by atoms with Gasteiger partial charge in [-0.15, -0.1) is 0 Å². The number of benzene rings is 1. The summed E-state index contributed by atoms with van der Waals surface area (Å²) >= 11 is 0. The SMILES string of the molecule is CN(C)CC(C)(C)CNCc1cccc2c1OC(C)(C)C2. The van der Waals surface area contributed by atoms with Crippen molar-refractivity contribution in [2.45, 2.75) is 46.3 Å². The van der Waals surface area contributed by atoms with Crippen LogP contribution >= 0.6 is 0 Å². The molecule has 1 aliphatic heterocycles. The first-order chi connectivity index (χ1) is 9.69. The highest BCUT2D eigenvalue weighted by atomic mass is 16.5. The average Bonchev–Trinajstić information content (AvgIpc) is 2.62. The van der Waals surface area contributed by atoms with E-state index >= 15 is 0 Å². The molecule has 1 aromatic carbocycles. The van der Waals surface area contributed by atoms with Crippen LogP contribution in [-0.4, -0.2) is 37.7 Å². The summed E-state index contributed by atoms with van der Waals surface area (Å²) in [4.78, 5) is 2.24. The Bertz CT molecular complexity index is 492. The van der Waals surface area contributed by atoms with Crippen LogP contribution in [0.3, 0.4) is 0 Å². The summed E-state index contributed by atoms with van der Waals surface area (Å²) in [6, 6.07) is 6.50. The van der Waals surface area contributed by atoms with Gasteiger partial charge in [-0.05, 0) is 38.9 Å². The second-order valence-electron chi connectivity index (χ2n) is 7.95. The second-order valence-corrected chi connectivity index (χ2v) is 7.95. The summed E-state index contributed by atoms with van der Waals surface area (Å²) in [6.07, 6.45) is 1.00. The highest BCUT2D eigenvalue weighted by molar-refractivity contribution is 5.45. The van der Waals surface area contributed by atoms with Crippen molar-refractivity contribution in [2.24, 2.45) is 5.41 Å². The molecule has 0 atom stereocenters. The summed E-state index contributed by atoms with van der Waals surface area (Å²) in [5.41, 5.74) is 2.81. The number of rotatable bonds is 6. The Balaban J connectivity index is 1.95. The predicted octanol–water partition coefficient (Wildman–Crippen LogP) is 3.08. The topological polar surface area (TPSA) is 24.5 Å². The Morgan fingerprint density at radius 2 is 2.00 bits per heavy atom. The third-order valence-corrected chi connectivity index (χ3v) is 3.84. The number of nitrogens with zero attached hydrogens (tertiary/aromatic N) is 1. The first kappa shape index (κ1) is 16.3. The lowest BCUT2D eigenvalue weighted by Gasteiger charge is -2.28. The summed E-state index contributed by atoms with van der Waals surface area (Å²) < 4.78 is 6.12. The minimum Gasteiger partial charge on any atom is -0.487 e. The quantitative estimate of drug-likeness (QED) is 0.871. The molecule has 1 heterocycles. The molecule has 0 spiro atoms. The smallest absolute Gasteiger partial charge is 0.127 e. The predicted molar refractivity (Wildman–Crippen MR) is 88.9 cm³/mol. The lowest BCUT2D eigenvalue weighted by Crippen LogP contribution is -2.37. The Hall–Kier alpha value is -1.06. The van der Waals surface area contributed by atoms with Crippen LogP contribution in [0.4, 0.5) is 0 Å². The first-order valence-corrected chi connectivity index (χ1v) is 7.84. The Morgan fingerprint density at radius 1 is 1.29 bits per heavy atom. The van der Waals surface area contributed by atoms with Crippen molar-refractivity contribution in [3.63, 3.8) is 0 Å². The van der Waals surface area contributed by atoms with Crippen LogP contribution in [0.5, 0.6) is 5.75 Å². The maximum atomic E-state index is 6.12. The van der Waals surface area contributed by atoms with E-state index < -0.39 is 0 Å². The van der Waals surface area contributed by atoms with Gasteiger partial charge in [0.05, 0.1) is 0 Å². The molecule has 0 fully saturated rings. The number of fused-ring (bicyclic) bond motifs is 1. The monoisotopic (exact) mass is 290 g/mol. The molecule has 0 saturated carbocycles. The van der Waals surface area contributed by atoms with Crippen molar-refractivity contribution in [3.8, 4) is 5.75 Å². The van der Waals surface area contributed by atoms with Gasteiger partial charge in [-0.3, -0.25) is 0 Å². The van der Waals surface area contributed by atoms with E-state index in [1.54, 1.807) is 0 Å². The molecule has 1 N–H and O–H groups in total. The van der Waals surface area contributed by atoms with Gasteiger partial charge in [0, 0.05) is 31.6 Å². The first-order valence-electron chi connectivity index (χ1n) is 7.84. The zero-order chi connectivity index (χ0) is 15.7. The Morgan fingerprint density at radius 3 is 2.67 bits per heavy atom. The Kier molecular flexibility index (Phi) is 4.64. The maximum Gasteiger partial charge on any atom is 0.127 e. The van der Waals surface area contributed by atoms with Crippen molar-refractivity contribution in [3.05, 3.63) is 29.3 Å². The van der Waals surface area contributed by atoms with Gasteiger partial charge in [0.2, 0.25) is 0 Å². The molecule has 0 saturated heterocycles. The van der Waals surface area contributed by atoms with E-state index in [2.05, 4.69) is 70.2 Å². The fourth-order valence-corrected chi connectivity index (χ4v) is 3.27. The lowest BCUT2D eigenvalue weighted by molar-refractivity contribution is 0.137.